The van der Waals surface area contributed by atoms with Crippen molar-refractivity contribution in [2.45, 2.75) is 32.6 Å². The number of allylic oxidation sites excluding steroid dienone is 1. The smallest absolute Gasteiger partial charge is 0.303 e. The number of carboxylic acid groups (broad SMARTS) is 1. The van der Waals surface area contributed by atoms with Crippen LogP contribution in [0.15, 0.2) is 12.2 Å². The van der Waals surface area contributed by atoms with E-state index in [1.807, 2.05) is 6.92 Å². The fourth-order valence-electron chi connectivity index (χ4n) is 1.00. The first kappa shape index (κ1) is 12.2. The minimum absolute atomic E-state index is 0.257. The number of hydrogen-bond acceptors (Lipinski definition) is 2. The first-order valence-corrected chi connectivity index (χ1v) is 4.70. The van der Waals surface area contributed by atoms with Crippen LogP contribution >= 0.6 is 0 Å². The highest BCUT2D eigenvalue weighted by Gasteiger charge is 1.95. The predicted octanol–water partition coefficient (Wildman–Crippen LogP) is 1.80. The molecule has 0 radical (unpaired) electrons. The third-order valence-corrected chi connectivity index (χ3v) is 1.70. The van der Waals surface area contributed by atoms with E-state index in [0.29, 0.717) is 6.42 Å². The van der Waals surface area contributed by atoms with Gasteiger partial charge < -0.3 is 10.4 Å². The Labute approximate surface area is 79.8 Å². The van der Waals surface area contributed by atoms with Crippen LogP contribution in [0.2, 0.25) is 0 Å². The summed E-state index contributed by atoms with van der Waals surface area (Å²) >= 11 is 0. The Kier molecular flexibility index (Phi) is 7.30. The zero-order chi connectivity index (χ0) is 10.1. The zero-order valence-corrected chi connectivity index (χ0v) is 8.31. The fraction of sp³-hybridized carbons (Fsp3) is 0.700. The molecule has 0 aliphatic rings. The summed E-state index contributed by atoms with van der Waals surface area (Å²) in [5.41, 5.74) is 1.20. The van der Waals surface area contributed by atoms with Gasteiger partial charge in [-0.15, -0.1) is 6.58 Å². The van der Waals surface area contributed by atoms with Crippen LogP contribution in [0.5, 0.6) is 0 Å². The highest BCUT2D eigenvalue weighted by Crippen LogP contribution is 1.98. The molecule has 0 bridgehead atoms. The van der Waals surface area contributed by atoms with Gasteiger partial charge in [-0.1, -0.05) is 5.57 Å². The average molecular weight is 185 g/mol. The molecule has 0 rings (SSSR count). The molecule has 0 aliphatic carbocycles. The van der Waals surface area contributed by atoms with Gasteiger partial charge in [0, 0.05) is 6.42 Å². The van der Waals surface area contributed by atoms with Gasteiger partial charge in [0.1, 0.15) is 0 Å². The van der Waals surface area contributed by atoms with Gasteiger partial charge in [-0.3, -0.25) is 4.79 Å². The second kappa shape index (κ2) is 7.80. The highest BCUT2D eigenvalue weighted by atomic mass is 16.4. The maximum Gasteiger partial charge on any atom is 0.303 e. The number of hydrogen-bond donors (Lipinski definition) is 2. The van der Waals surface area contributed by atoms with Crippen molar-refractivity contribution < 1.29 is 9.90 Å². The summed E-state index contributed by atoms with van der Waals surface area (Å²) in [6.45, 7) is 7.57. The van der Waals surface area contributed by atoms with Gasteiger partial charge in [0.25, 0.3) is 0 Å². The third kappa shape index (κ3) is 11.2. The Morgan fingerprint density at radius 1 is 1.31 bits per heavy atom. The quantitative estimate of drug-likeness (QED) is 0.448. The molecule has 0 aromatic heterocycles. The minimum atomic E-state index is -0.719. The summed E-state index contributed by atoms with van der Waals surface area (Å²) in [5, 5.41) is 11.5. The molecule has 0 atom stereocenters. The van der Waals surface area contributed by atoms with E-state index in [4.69, 9.17) is 5.11 Å². The lowest BCUT2D eigenvalue weighted by molar-refractivity contribution is -0.137. The van der Waals surface area contributed by atoms with E-state index in [1.54, 1.807) is 0 Å². The lowest BCUT2D eigenvalue weighted by Gasteiger charge is -2.02. The molecule has 2 N–H and O–H groups in total. The van der Waals surface area contributed by atoms with Gasteiger partial charge in [0.2, 0.25) is 0 Å². The molecule has 0 saturated carbocycles. The molecule has 0 aromatic rings. The lowest BCUT2D eigenvalue weighted by Crippen LogP contribution is -2.17. The summed E-state index contributed by atoms with van der Waals surface area (Å²) in [5.74, 6) is -0.719. The van der Waals surface area contributed by atoms with E-state index in [1.165, 1.54) is 5.57 Å². The van der Waals surface area contributed by atoms with E-state index >= 15 is 0 Å². The second-order valence-electron chi connectivity index (χ2n) is 3.31. The summed E-state index contributed by atoms with van der Waals surface area (Å²) in [6, 6.07) is 0. The van der Waals surface area contributed by atoms with Crippen molar-refractivity contribution in [3.8, 4) is 0 Å². The summed E-state index contributed by atoms with van der Waals surface area (Å²) in [4.78, 5) is 10.1. The monoisotopic (exact) mass is 185 g/mol. The Morgan fingerprint density at radius 2 is 1.85 bits per heavy atom. The maximum atomic E-state index is 10.1. The number of carboxylic acids is 1. The van der Waals surface area contributed by atoms with Crippen molar-refractivity contribution in [3.63, 3.8) is 0 Å². The van der Waals surface area contributed by atoms with Gasteiger partial charge in [0.15, 0.2) is 0 Å². The van der Waals surface area contributed by atoms with Crippen LogP contribution in [0, 0.1) is 0 Å². The molecule has 0 aromatic carbocycles. The van der Waals surface area contributed by atoms with E-state index < -0.39 is 5.97 Å². The predicted molar refractivity (Wildman–Crippen MR) is 53.8 cm³/mol. The number of rotatable bonds is 8. The normalized spacial score (nSPS) is 9.92. The van der Waals surface area contributed by atoms with Crippen LogP contribution in [0.3, 0.4) is 0 Å². The molecule has 0 fully saturated rings. The molecule has 0 amide bonds. The maximum absolute atomic E-state index is 10.1. The molecule has 0 saturated heterocycles. The number of aliphatic carboxylic acids is 1. The zero-order valence-electron chi connectivity index (χ0n) is 8.31. The molecule has 0 unspecified atom stereocenters. The Bertz CT molecular complexity index is 148. The molecular formula is C10H19NO2. The van der Waals surface area contributed by atoms with Crippen molar-refractivity contribution >= 4 is 5.97 Å². The van der Waals surface area contributed by atoms with Gasteiger partial charge in [-0.05, 0) is 39.3 Å². The van der Waals surface area contributed by atoms with Crippen molar-refractivity contribution in [3.05, 3.63) is 12.2 Å². The van der Waals surface area contributed by atoms with Crippen LogP contribution in [-0.4, -0.2) is 24.2 Å². The van der Waals surface area contributed by atoms with E-state index in [2.05, 4.69) is 11.9 Å². The Hall–Kier alpha value is -0.830. The second-order valence-corrected chi connectivity index (χ2v) is 3.31. The minimum Gasteiger partial charge on any atom is -0.481 e. The van der Waals surface area contributed by atoms with Crippen molar-refractivity contribution in [1.29, 1.82) is 0 Å². The lowest BCUT2D eigenvalue weighted by atomic mass is 10.2. The van der Waals surface area contributed by atoms with Crippen LogP contribution in [0.25, 0.3) is 0 Å². The molecule has 0 aliphatic heterocycles. The summed E-state index contributed by atoms with van der Waals surface area (Å²) in [7, 11) is 0. The fourth-order valence-corrected chi connectivity index (χ4v) is 1.00. The highest BCUT2D eigenvalue weighted by molar-refractivity contribution is 5.66. The van der Waals surface area contributed by atoms with E-state index in [9.17, 15) is 4.79 Å². The Balaban J connectivity index is 3.00. The van der Waals surface area contributed by atoms with E-state index in [0.717, 1.165) is 25.9 Å². The van der Waals surface area contributed by atoms with Crippen LogP contribution in [-0.2, 0) is 4.79 Å². The molecule has 0 spiro atoms. The van der Waals surface area contributed by atoms with Crippen molar-refractivity contribution in [1.82, 2.24) is 5.32 Å². The standard InChI is InChI=1S/C10H19NO2/c1-9(2)5-3-7-11-8-4-6-10(12)13/h11H,1,3-8H2,2H3,(H,12,13). The largest absolute Gasteiger partial charge is 0.481 e. The first-order chi connectivity index (χ1) is 6.13. The number of nitrogens with one attached hydrogen (secondary N) is 1. The topological polar surface area (TPSA) is 49.3 Å². The summed E-state index contributed by atoms with van der Waals surface area (Å²) in [6.07, 6.45) is 3.10. The molecule has 0 heterocycles. The SMILES string of the molecule is C=C(C)CCCNCCCC(=O)O. The third-order valence-electron chi connectivity index (χ3n) is 1.70. The molecule has 3 heteroatoms. The van der Waals surface area contributed by atoms with Gasteiger partial charge in [-0.25, -0.2) is 0 Å². The van der Waals surface area contributed by atoms with Gasteiger partial charge in [0.05, 0.1) is 0 Å². The van der Waals surface area contributed by atoms with Crippen LogP contribution < -0.4 is 5.32 Å². The van der Waals surface area contributed by atoms with Gasteiger partial charge >= 0.3 is 5.97 Å². The molecule has 3 nitrogen and oxygen atoms in total. The summed E-state index contributed by atoms with van der Waals surface area (Å²) < 4.78 is 0. The van der Waals surface area contributed by atoms with E-state index in [-0.39, 0.29) is 6.42 Å². The van der Waals surface area contributed by atoms with Crippen molar-refractivity contribution in [2.75, 3.05) is 13.1 Å². The first-order valence-electron chi connectivity index (χ1n) is 4.70. The molecule has 13 heavy (non-hydrogen) atoms. The van der Waals surface area contributed by atoms with Crippen molar-refractivity contribution in [2.24, 2.45) is 0 Å². The average Bonchev–Trinajstić information content (AvgIpc) is 2.01. The molecule has 76 valence electrons. The van der Waals surface area contributed by atoms with Crippen LogP contribution in [0.4, 0.5) is 0 Å². The Morgan fingerprint density at radius 3 is 2.31 bits per heavy atom. The van der Waals surface area contributed by atoms with Gasteiger partial charge in [-0.2, -0.15) is 0 Å². The van der Waals surface area contributed by atoms with Crippen LogP contribution in [0.1, 0.15) is 32.6 Å². The molecular weight excluding hydrogens is 166 g/mol. The number of carbonyl (C=O) groups is 1.